The van der Waals surface area contributed by atoms with Crippen LogP contribution in [-0.2, 0) is 14.3 Å². The molecule has 0 saturated heterocycles. The topological polar surface area (TPSA) is 51.1 Å². The van der Waals surface area contributed by atoms with Gasteiger partial charge >= 0.3 is 5.97 Å². The molecule has 1 aliphatic heterocycles. The number of carbonyl (C=O) groups is 1. The van der Waals surface area contributed by atoms with Crippen molar-refractivity contribution in [1.82, 2.24) is 5.01 Å². The van der Waals surface area contributed by atoms with E-state index in [-0.39, 0.29) is 25.3 Å². The summed E-state index contributed by atoms with van der Waals surface area (Å²) in [6.45, 7) is 2.49. The van der Waals surface area contributed by atoms with Gasteiger partial charge in [-0.25, -0.2) is 13.6 Å². The summed E-state index contributed by atoms with van der Waals surface area (Å²) in [4.78, 5) is 11.6. The quantitative estimate of drug-likeness (QED) is 0.657. The predicted octanol–water partition coefficient (Wildman–Crippen LogP) is 0.891. The molecular formula is C10H16F2N2O3. The van der Waals surface area contributed by atoms with Crippen molar-refractivity contribution in [3.05, 3.63) is 0 Å². The number of alkyl halides is 2. The molecule has 0 aromatic carbocycles. The molecule has 0 spiro atoms. The zero-order chi connectivity index (χ0) is 12.8. The molecule has 0 bridgehead atoms. The van der Waals surface area contributed by atoms with E-state index in [9.17, 15) is 13.6 Å². The van der Waals surface area contributed by atoms with E-state index in [0.717, 1.165) is 0 Å². The monoisotopic (exact) mass is 250 g/mol. The van der Waals surface area contributed by atoms with Gasteiger partial charge < -0.3 is 9.47 Å². The number of nitrogens with zero attached hydrogens (tertiary/aromatic N) is 2. The van der Waals surface area contributed by atoms with Gasteiger partial charge in [0, 0.05) is 13.5 Å². The second-order valence-electron chi connectivity index (χ2n) is 3.52. The van der Waals surface area contributed by atoms with Gasteiger partial charge in [-0.1, -0.05) is 0 Å². The zero-order valence-electron chi connectivity index (χ0n) is 9.86. The molecule has 0 N–H and O–H groups in total. The summed E-state index contributed by atoms with van der Waals surface area (Å²) in [5, 5.41) is 5.04. The van der Waals surface area contributed by atoms with Crippen LogP contribution in [0.25, 0.3) is 0 Å². The normalized spacial score (nSPS) is 19.7. The molecule has 1 aliphatic rings. The third-order valence-corrected chi connectivity index (χ3v) is 2.35. The highest BCUT2D eigenvalue weighted by atomic mass is 19.3. The molecular weight excluding hydrogens is 234 g/mol. The van der Waals surface area contributed by atoms with E-state index in [0.29, 0.717) is 6.61 Å². The predicted molar refractivity (Wildman–Crippen MR) is 57.1 cm³/mol. The molecule has 7 heteroatoms. The number of hydrazone groups is 1. The maximum absolute atomic E-state index is 12.5. The Kier molecular flexibility index (Phi) is 5.27. The zero-order valence-corrected chi connectivity index (χ0v) is 9.86. The maximum atomic E-state index is 12.5. The fraction of sp³-hybridized carbons (Fsp3) is 0.800. The lowest BCUT2D eigenvalue weighted by Crippen LogP contribution is -2.37. The first-order valence-corrected chi connectivity index (χ1v) is 5.37. The van der Waals surface area contributed by atoms with E-state index in [1.54, 1.807) is 6.92 Å². The molecule has 1 atom stereocenters. The van der Waals surface area contributed by atoms with E-state index in [4.69, 9.17) is 9.47 Å². The Morgan fingerprint density at radius 1 is 1.65 bits per heavy atom. The Morgan fingerprint density at radius 2 is 2.35 bits per heavy atom. The molecule has 0 radical (unpaired) electrons. The molecule has 1 unspecified atom stereocenters. The minimum absolute atomic E-state index is 0.0831. The van der Waals surface area contributed by atoms with E-state index < -0.39 is 18.4 Å². The average molecular weight is 250 g/mol. The lowest BCUT2D eigenvalue weighted by molar-refractivity contribution is -0.149. The third-order valence-electron chi connectivity index (χ3n) is 2.35. The highest BCUT2D eigenvalue weighted by Crippen LogP contribution is 2.20. The Labute approximate surface area is 98.4 Å². The number of rotatable bonds is 6. The van der Waals surface area contributed by atoms with Gasteiger partial charge in [0.1, 0.15) is 11.8 Å². The molecule has 0 saturated carbocycles. The molecule has 17 heavy (non-hydrogen) atoms. The molecule has 0 aliphatic carbocycles. The maximum Gasteiger partial charge on any atom is 0.330 e. The van der Waals surface area contributed by atoms with E-state index >= 15 is 0 Å². The highest BCUT2D eigenvalue weighted by molar-refractivity contribution is 5.94. The van der Waals surface area contributed by atoms with Crippen LogP contribution >= 0.6 is 0 Å². The SMILES string of the molecule is CCOC(=O)C1CC(C(F)F)=NN1CCOC. The minimum atomic E-state index is -2.64. The Balaban J connectivity index is 2.66. The van der Waals surface area contributed by atoms with Gasteiger partial charge in [-0.05, 0) is 6.92 Å². The molecule has 0 aromatic rings. The summed E-state index contributed by atoms with van der Waals surface area (Å²) in [7, 11) is 1.49. The smallest absolute Gasteiger partial charge is 0.330 e. The van der Waals surface area contributed by atoms with E-state index in [1.807, 2.05) is 0 Å². The van der Waals surface area contributed by atoms with Crippen LogP contribution in [0.5, 0.6) is 0 Å². The second-order valence-corrected chi connectivity index (χ2v) is 3.52. The first-order chi connectivity index (χ1) is 8.10. The summed E-state index contributed by atoms with van der Waals surface area (Å²) in [6.07, 6.45) is -2.72. The van der Waals surface area contributed by atoms with Gasteiger partial charge in [-0.2, -0.15) is 5.10 Å². The van der Waals surface area contributed by atoms with Crippen LogP contribution in [0.2, 0.25) is 0 Å². The highest BCUT2D eigenvalue weighted by Gasteiger charge is 2.36. The van der Waals surface area contributed by atoms with Crippen molar-refractivity contribution < 1.29 is 23.0 Å². The molecule has 0 aromatic heterocycles. The number of methoxy groups -OCH3 is 1. The van der Waals surface area contributed by atoms with Crippen molar-refractivity contribution in [2.45, 2.75) is 25.8 Å². The number of hydrogen-bond acceptors (Lipinski definition) is 5. The van der Waals surface area contributed by atoms with Gasteiger partial charge in [0.05, 0.1) is 19.8 Å². The molecule has 1 heterocycles. The van der Waals surface area contributed by atoms with E-state index in [2.05, 4.69) is 5.10 Å². The van der Waals surface area contributed by atoms with Gasteiger partial charge in [-0.3, -0.25) is 5.01 Å². The van der Waals surface area contributed by atoms with Gasteiger partial charge in [-0.15, -0.1) is 0 Å². The van der Waals surface area contributed by atoms with Gasteiger partial charge in [0.2, 0.25) is 0 Å². The molecule has 0 fully saturated rings. The lowest BCUT2D eigenvalue weighted by Gasteiger charge is -2.21. The Hall–Kier alpha value is -1.24. The summed E-state index contributed by atoms with van der Waals surface area (Å²) >= 11 is 0. The third kappa shape index (κ3) is 3.62. The van der Waals surface area contributed by atoms with E-state index in [1.165, 1.54) is 12.1 Å². The standard InChI is InChI=1S/C10H16F2N2O3/c1-3-17-10(15)8-6-7(9(11)12)13-14(8)4-5-16-2/h8-9H,3-6H2,1-2H3. The first kappa shape index (κ1) is 13.8. The van der Waals surface area contributed by atoms with Crippen LogP contribution in [0.3, 0.4) is 0 Å². The number of ether oxygens (including phenoxy) is 2. The molecule has 0 amide bonds. The summed E-state index contributed by atoms with van der Waals surface area (Å²) in [5.41, 5.74) is -0.279. The van der Waals surface area contributed by atoms with Gasteiger partial charge in [0.15, 0.2) is 0 Å². The first-order valence-electron chi connectivity index (χ1n) is 5.37. The number of esters is 1. The van der Waals surface area contributed by atoms with Crippen LogP contribution in [0.1, 0.15) is 13.3 Å². The fourth-order valence-corrected chi connectivity index (χ4v) is 1.55. The van der Waals surface area contributed by atoms with Crippen LogP contribution in [-0.4, -0.2) is 56.0 Å². The lowest BCUT2D eigenvalue weighted by atomic mass is 10.1. The molecule has 1 rings (SSSR count). The van der Waals surface area contributed by atoms with Crippen LogP contribution < -0.4 is 0 Å². The van der Waals surface area contributed by atoms with Crippen molar-refractivity contribution in [2.75, 3.05) is 26.9 Å². The minimum Gasteiger partial charge on any atom is -0.464 e. The van der Waals surface area contributed by atoms with Crippen molar-refractivity contribution in [3.8, 4) is 0 Å². The number of halogens is 2. The molecule has 98 valence electrons. The average Bonchev–Trinajstić information content (AvgIpc) is 2.70. The fourth-order valence-electron chi connectivity index (χ4n) is 1.55. The van der Waals surface area contributed by atoms with Crippen molar-refractivity contribution >= 4 is 11.7 Å². The second kappa shape index (κ2) is 6.48. The van der Waals surface area contributed by atoms with Crippen molar-refractivity contribution in [3.63, 3.8) is 0 Å². The summed E-state index contributed by atoms with van der Waals surface area (Å²) in [6, 6.07) is -0.755. The van der Waals surface area contributed by atoms with Crippen LogP contribution in [0.15, 0.2) is 5.10 Å². The molecule has 5 nitrogen and oxygen atoms in total. The number of hydrogen-bond donors (Lipinski definition) is 0. The Morgan fingerprint density at radius 3 is 2.88 bits per heavy atom. The van der Waals surface area contributed by atoms with Crippen molar-refractivity contribution in [1.29, 1.82) is 0 Å². The van der Waals surface area contributed by atoms with Crippen molar-refractivity contribution in [2.24, 2.45) is 5.10 Å². The van der Waals surface area contributed by atoms with Gasteiger partial charge in [0.25, 0.3) is 6.43 Å². The Bertz CT molecular complexity index is 297. The number of carbonyl (C=O) groups excluding carboxylic acids is 1. The van der Waals surface area contributed by atoms with Crippen LogP contribution in [0, 0.1) is 0 Å². The largest absolute Gasteiger partial charge is 0.464 e. The summed E-state index contributed by atoms with van der Waals surface area (Å²) < 4.78 is 34.7. The van der Waals surface area contributed by atoms with Crippen LogP contribution in [0.4, 0.5) is 8.78 Å². The summed E-state index contributed by atoms with van der Waals surface area (Å²) in [5.74, 6) is -0.525.